The average molecular weight is 368 g/mol. The van der Waals surface area contributed by atoms with Crippen LogP contribution in [0.4, 0.5) is 15.8 Å². The number of carbonyl (C=O) groups excluding carboxylic acids is 1. The van der Waals surface area contributed by atoms with Crippen molar-refractivity contribution in [3.8, 4) is 0 Å². The predicted octanol–water partition coefficient (Wildman–Crippen LogP) is 3.11. The van der Waals surface area contributed by atoms with Gasteiger partial charge in [0.25, 0.3) is 0 Å². The molecule has 0 unspecified atom stereocenters. The molecular formula is C18H25FN2O3S. The van der Waals surface area contributed by atoms with Crippen LogP contribution in [0.1, 0.15) is 44.9 Å². The zero-order valence-electron chi connectivity index (χ0n) is 14.3. The van der Waals surface area contributed by atoms with Gasteiger partial charge in [0.15, 0.2) is 9.84 Å². The molecule has 1 aromatic carbocycles. The van der Waals surface area contributed by atoms with Gasteiger partial charge in [-0.2, -0.15) is 0 Å². The summed E-state index contributed by atoms with van der Waals surface area (Å²) >= 11 is 0. The molecule has 138 valence electrons. The number of hydrogen-bond acceptors (Lipinski definition) is 4. The third kappa shape index (κ3) is 4.71. The predicted molar refractivity (Wildman–Crippen MR) is 97.1 cm³/mol. The fraction of sp³-hybridized carbons (Fsp3) is 0.611. The van der Waals surface area contributed by atoms with E-state index in [1.54, 1.807) is 6.07 Å². The molecule has 3 rings (SSSR count). The molecule has 1 heterocycles. The maximum absolute atomic E-state index is 13.8. The van der Waals surface area contributed by atoms with E-state index >= 15 is 0 Å². The molecule has 1 amide bonds. The number of nitrogens with zero attached hydrogens (tertiary/aromatic N) is 1. The highest BCUT2D eigenvalue weighted by Gasteiger charge is 2.28. The van der Waals surface area contributed by atoms with Gasteiger partial charge >= 0.3 is 0 Å². The summed E-state index contributed by atoms with van der Waals surface area (Å²) in [5.41, 5.74) is 1.14. The van der Waals surface area contributed by atoms with Gasteiger partial charge in [0.2, 0.25) is 5.91 Å². The van der Waals surface area contributed by atoms with E-state index in [0.29, 0.717) is 18.5 Å². The molecule has 0 spiro atoms. The van der Waals surface area contributed by atoms with E-state index in [9.17, 15) is 17.6 Å². The highest BCUT2D eigenvalue weighted by Crippen LogP contribution is 2.27. The van der Waals surface area contributed by atoms with Crippen molar-refractivity contribution < 1.29 is 17.6 Å². The van der Waals surface area contributed by atoms with Crippen LogP contribution in [0.15, 0.2) is 18.2 Å². The third-order valence-corrected chi connectivity index (χ3v) is 7.32. The normalized spacial score (nSPS) is 18.7. The van der Waals surface area contributed by atoms with Crippen molar-refractivity contribution in [3.05, 3.63) is 24.0 Å². The molecule has 1 saturated heterocycles. The van der Waals surface area contributed by atoms with Crippen LogP contribution >= 0.6 is 0 Å². The van der Waals surface area contributed by atoms with Gasteiger partial charge in [-0.1, -0.05) is 12.8 Å². The van der Waals surface area contributed by atoms with Crippen LogP contribution in [0.25, 0.3) is 0 Å². The zero-order valence-corrected chi connectivity index (χ0v) is 15.2. The van der Waals surface area contributed by atoms with E-state index in [0.717, 1.165) is 44.5 Å². The summed E-state index contributed by atoms with van der Waals surface area (Å²) in [5.74, 6) is -0.935. The Morgan fingerprint density at radius 2 is 1.80 bits per heavy atom. The largest absolute Gasteiger partial charge is 0.371 e. The van der Waals surface area contributed by atoms with Crippen molar-refractivity contribution in [3.63, 3.8) is 0 Å². The lowest BCUT2D eigenvalue weighted by Crippen LogP contribution is -2.24. The Bertz CT molecular complexity index is 724. The van der Waals surface area contributed by atoms with Crippen molar-refractivity contribution in [2.45, 2.75) is 50.2 Å². The Hall–Kier alpha value is -1.63. The Morgan fingerprint density at radius 1 is 1.12 bits per heavy atom. The standard InChI is InChI=1S/C18H25FN2O3S/c19-14-11-15(13-16(12-14)21-8-3-4-9-21)20-18(22)7-10-25(23,24)17-5-1-2-6-17/h11-13,17H,1-10H2,(H,20,22). The molecule has 1 saturated carbocycles. The lowest BCUT2D eigenvalue weighted by Gasteiger charge is -2.19. The fourth-order valence-corrected chi connectivity index (χ4v) is 5.53. The Labute approximate surface area is 148 Å². The summed E-state index contributed by atoms with van der Waals surface area (Å²) in [6, 6.07) is 4.48. The van der Waals surface area contributed by atoms with Gasteiger partial charge in [-0.15, -0.1) is 0 Å². The number of sulfone groups is 1. The molecule has 1 aromatic rings. The lowest BCUT2D eigenvalue weighted by molar-refractivity contribution is -0.115. The van der Waals surface area contributed by atoms with Gasteiger partial charge in [0.1, 0.15) is 5.82 Å². The quantitative estimate of drug-likeness (QED) is 0.838. The van der Waals surface area contributed by atoms with Crippen molar-refractivity contribution in [1.82, 2.24) is 0 Å². The van der Waals surface area contributed by atoms with Crippen LogP contribution in [-0.2, 0) is 14.6 Å². The molecule has 1 aliphatic heterocycles. The molecule has 1 aliphatic carbocycles. The van der Waals surface area contributed by atoms with Crippen LogP contribution in [0.3, 0.4) is 0 Å². The maximum atomic E-state index is 13.8. The number of amides is 1. The first-order valence-electron chi connectivity index (χ1n) is 9.01. The third-order valence-electron chi connectivity index (χ3n) is 5.06. The van der Waals surface area contributed by atoms with Gasteiger partial charge in [0.05, 0.1) is 11.0 Å². The zero-order chi connectivity index (χ0) is 17.9. The summed E-state index contributed by atoms with van der Waals surface area (Å²) in [5, 5.41) is 2.34. The minimum Gasteiger partial charge on any atom is -0.371 e. The Kier molecular flexibility index (Phi) is 5.61. The first kappa shape index (κ1) is 18.2. The van der Waals surface area contributed by atoms with Crippen molar-refractivity contribution in [2.24, 2.45) is 0 Å². The maximum Gasteiger partial charge on any atom is 0.225 e. The Morgan fingerprint density at radius 3 is 2.48 bits per heavy atom. The first-order chi connectivity index (χ1) is 11.9. The summed E-state index contributed by atoms with van der Waals surface area (Å²) in [4.78, 5) is 14.2. The summed E-state index contributed by atoms with van der Waals surface area (Å²) in [7, 11) is -3.22. The number of anilines is 2. The molecule has 0 radical (unpaired) electrons. The van der Waals surface area contributed by atoms with Crippen LogP contribution in [0.2, 0.25) is 0 Å². The van der Waals surface area contributed by atoms with E-state index in [1.807, 2.05) is 0 Å². The molecule has 5 nitrogen and oxygen atoms in total. The molecule has 25 heavy (non-hydrogen) atoms. The second kappa shape index (κ2) is 7.72. The van der Waals surface area contributed by atoms with Crippen LogP contribution < -0.4 is 10.2 Å². The van der Waals surface area contributed by atoms with Gasteiger partial charge in [-0.3, -0.25) is 4.79 Å². The van der Waals surface area contributed by atoms with Crippen LogP contribution in [0, 0.1) is 5.82 Å². The number of carbonyl (C=O) groups is 1. The van der Waals surface area contributed by atoms with E-state index in [2.05, 4.69) is 10.2 Å². The van der Waals surface area contributed by atoms with Crippen LogP contribution in [-0.4, -0.2) is 38.4 Å². The van der Waals surface area contributed by atoms with E-state index in [1.165, 1.54) is 12.1 Å². The summed E-state index contributed by atoms with van der Waals surface area (Å²) < 4.78 is 38.3. The van der Waals surface area contributed by atoms with E-state index in [4.69, 9.17) is 0 Å². The number of benzene rings is 1. The van der Waals surface area contributed by atoms with E-state index in [-0.39, 0.29) is 23.3 Å². The molecule has 1 N–H and O–H groups in total. The Balaban J connectivity index is 1.59. The topological polar surface area (TPSA) is 66.5 Å². The van der Waals surface area contributed by atoms with Gasteiger partial charge in [-0.25, -0.2) is 12.8 Å². The number of nitrogens with one attached hydrogen (secondary N) is 1. The fourth-order valence-electron chi connectivity index (χ4n) is 3.68. The van der Waals surface area contributed by atoms with Gasteiger partial charge in [-0.05, 0) is 43.9 Å². The molecule has 2 fully saturated rings. The lowest BCUT2D eigenvalue weighted by atomic mass is 10.2. The number of hydrogen-bond donors (Lipinski definition) is 1. The highest BCUT2D eigenvalue weighted by atomic mass is 32.2. The van der Waals surface area contributed by atoms with Gasteiger partial charge in [0, 0.05) is 30.9 Å². The van der Waals surface area contributed by atoms with Crippen LogP contribution in [0.5, 0.6) is 0 Å². The van der Waals surface area contributed by atoms with Gasteiger partial charge < -0.3 is 10.2 Å². The highest BCUT2D eigenvalue weighted by molar-refractivity contribution is 7.92. The smallest absolute Gasteiger partial charge is 0.225 e. The van der Waals surface area contributed by atoms with E-state index < -0.39 is 15.7 Å². The van der Waals surface area contributed by atoms with Crippen molar-refractivity contribution >= 4 is 27.1 Å². The number of halogens is 1. The molecule has 2 aliphatic rings. The van der Waals surface area contributed by atoms with Crippen molar-refractivity contribution in [2.75, 3.05) is 29.1 Å². The van der Waals surface area contributed by atoms with Crippen molar-refractivity contribution in [1.29, 1.82) is 0 Å². The minimum atomic E-state index is -3.22. The first-order valence-corrected chi connectivity index (χ1v) is 10.7. The summed E-state index contributed by atoms with van der Waals surface area (Å²) in [6.45, 7) is 1.77. The molecule has 7 heteroatoms. The monoisotopic (exact) mass is 368 g/mol. The molecule has 0 aromatic heterocycles. The molecule has 0 bridgehead atoms. The second-order valence-corrected chi connectivity index (χ2v) is 9.36. The number of rotatable bonds is 6. The molecule has 0 atom stereocenters. The summed E-state index contributed by atoms with van der Waals surface area (Å²) in [6.07, 6.45) is 5.36. The average Bonchev–Trinajstić information content (AvgIpc) is 3.26. The minimum absolute atomic E-state index is 0.0889. The SMILES string of the molecule is O=C(CCS(=O)(=O)C1CCCC1)Nc1cc(F)cc(N2CCCC2)c1. The molecular weight excluding hydrogens is 343 g/mol. The second-order valence-electron chi connectivity index (χ2n) is 6.96.